The fraction of sp³-hybridized carbons (Fsp3) is 0.478. The molecule has 1 saturated heterocycles. The molecule has 2 aromatic carbocycles. The van der Waals surface area contributed by atoms with Crippen molar-refractivity contribution in [3.63, 3.8) is 0 Å². The molecule has 0 spiro atoms. The largest absolute Gasteiger partial charge is 0.297 e. The summed E-state index contributed by atoms with van der Waals surface area (Å²) < 4.78 is 0. The van der Waals surface area contributed by atoms with Gasteiger partial charge in [-0.1, -0.05) is 60.7 Å². The minimum atomic E-state index is 0.549. The summed E-state index contributed by atoms with van der Waals surface area (Å²) in [7, 11) is 0. The average molecular weight is 335 g/mol. The molecule has 0 radical (unpaired) electrons. The predicted molar refractivity (Wildman–Crippen MR) is 105 cm³/mol. The van der Waals surface area contributed by atoms with Gasteiger partial charge in [0, 0.05) is 38.3 Å². The molecule has 2 aromatic rings. The number of benzene rings is 2. The maximum absolute atomic E-state index is 2.81. The number of hydrogen-bond acceptors (Lipinski definition) is 2. The molecule has 2 aliphatic rings. The lowest BCUT2D eigenvalue weighted by Crippen LogP contribution is -2.51. The van der Waals surface area contributed by atoms with Crippen molar-refractivity contribution in [1.82, 2.24) is 9.80 Å². The van der Waals surface area contributed by atoms with Crippen molar-refractivity contribution in [2.24, 2.45) is 0 Å². The highest BCUT2D eigenvalue weighted by atomic mass is 15.3. The van der Waals surface area contributed by atoms with Crippen molar-refractivity contribution < 1.29 is 0 Å². The van der Waals surface area contributed by atoms with Crippen molar-refractivity contribution in [1.29, 1.82) is 0 Å². The third kappa shape index (κ3) is 4.31. The Labute approximate surface area is 152 Å². The maximum atomic E-state index is 2.81. The van der Waals surface area contributed by atoms with Crippen molar-refractivity contribution in [3.05, 3.63) is 71.8 Å². The average Bonchev–Trinajstić information content (AvgIpc) is 3.45. The van der Waals surface area contributed by atoms with Crippen LogP contribution in [0.4, 0.5) is 0 Å². The van der Waals surface area contributed by atoms with Gasteiger partial charge in [0.05, 0.1) is 0 Å². The monoisotopic (exact) mass is 334 g/mol. The van der Waals surface area contributed by atoms with E-state index in [1.165, 1.54) is 69.4 Å². The minimum absolute atomic E-state index is 0.549. The van der Waals surface area contributed by atoms with E-state index in [0.29, 0.717) is 5.54 Å². The molecular formula is C23H30N2. The van der Waals surface area contributed by atoms with Crippen molar-refractivity contribution >= 4 is 0 Å². The summed E-state index contributed by atoms with van der Waals surface area (Å²) in [5.74, 6) is 0. The number of piperazine rings is 1. The SMILES string of the molecule is c1ccc(CCCC2(N3CCN(Cc4ccccc4)CC3)CC2)cc1. The van der Waals surface area contributed by atoms with E-state index in [1.807, 2.05) is 0 Å². The van der Waals surface area contributed by atoms with Gasteiger partial charge in [0.1, 0.15) is 0 Å². The number of rotatable bonds is 7. The Hall–Kier alpha value is -1.64. The molecule has 0 aromatic heterocycles. The lowest BCUT2D eigenvalue weighted by Gasteiger charge is -2.40. The fourth-order valence-corrected chi connectivity index (χ4v) is 4.36. The molecule has 1 saturated carbocycles. The highest BCUT2D eigenvalue weighted by molar-refractivity contribution is 5.16. The minimum Gasteiger partial charge on any atom is -0.297 e. The smallest absolute Gasteiger partial charge is 0.0234 e. The lowest BCUT2D eigenvalue weighted by atomic mass is 10.0. The summed E-state index contributed by atoms with van der Waals surface area (Å²) >= 11 is 0. The predicted octanol–water partition coefficient (Wildman–Crippen LogP) is 4.36. The Balaban J connectivity index is 1.23. The molecule has 2 fully saturated rings. The van der Waals surface area contributed by atoms with Crippen LogP contribution in [0.5, 0.6) is 0 Å². The van der Waals surface area contributed by atoms with E-state index in [0.717, 1.165) is 6.54 Å². The Morgan fingerprint density at radius 3 is 1.92 bits per heavy atom. The second-order valence-corrected chi connectivity index (χ2v) is 7.81. The standard InChI is InChI=1S/C23H30N2/c1-3-8-21(9-4-1)12-7-13-23(14-15-23)25-18-16-24(17-19-25)20-22-10-5-2-6-11-22/h1-6,8-11H,7,12-20H2. The van der Waals surface area contributed by atoms with E-state index in [2.05, 4.69) is 70.5 Å². The molecule has 0 amide bonds. The first-order valence-corrected chi connectivity index (χ1v) is 9.89. The molecule has 0 N–H and O–H groups in total. The third-order valence-corrected chi connectivity index (χ3v) is 6.07. The lowest BCUT2D eigenvalue weighted by molar-refractivity contribution is 0.0758. The molecule has 1 aliphatic carbocycles. The van der Waals surface area contributed by atoms with Gasteiger partial charge in [-0.2, -0.15) is 0 Å². The van der Waals surface area contributed by atoms with Crippen molar-refractivity contribution in [3.8, 4) is 0 Å². The van der Waals surface area contributed by atoms with E-state index in [4.69, 9.17) is 0 Å². The third-order valence-electron chi connectivity index (χ3n) is 6.07. The normalized spacial score (nSPS) is 20.5. The highest BCUT2D eigenvalue weighted by Crippen LogP contribution is 2.46. The summed E-state index contributed by atoms with van der Waals surface area (Å²) in [6, 6.07) is 21.9. The number of hydrogen-bond donors (Lipinski definition) is 0. The molecule has 4 rings (SSSR count). The molecule has 0 atom stereocenters. The topological polar surface area (TPSA) is 6.48 Å². The number of nitrogens with zero attached hydrogens (tertiary/aromatic N) is 2. The maximum Gasteiger partial charge on any atom is 0.0234 e. The zero-order valence-corrected chi connectivity index (χ0v) is 15.2. The van der Waals surface area contributed by atoms with Crippen molar-refractivity contribution in [2.75, 3.05) is 26.2 Å². The van der Waals surface area contributed by atoms with Crippen LogP contribution in [0, 0.1) is 0 Å². The molecule has 2 heteroatoms. The zero-order chi connectivity index (χ0) is 17.0. The van der Waals surface area contributed by atoms with Crippen molar-refractivity contribution in [2.45, 2.75) is 44.2 Å². The van der Waals surface area contributed by atoms with Gasteiger partial charge in [0.15, 0.2) is 0 Å². The number of aryl methyl sites for hydroxylation is 1. The highest BCUT2D eigenvalue weighted by Gasteiger charge is 2.47. The van der Waals surface area contributed by atoms with Gasteiger partial charge in [-0.05, 0) is 43.2 Å². The molecule has 25 heavy (non-hydrogen) atoms. The van der Waals surface area contributed by atoms with Crippen LogP contribution in [0.2, 0.25) is 0 Å². The Morgan fingerprint density at radius 1 is 0.720 bits per heavy atom. The second-order valence-electron chi connectivity index (χ2n) is 7.81. The fourth-order valence-electron chi connectivity index (χ4n) is 4.36. The Bertz CT molecular complexity index is 640. The van der Waals surface area contributed by atoms with Gasteiger partial charge in [-0.25, -0.2) is 0 Å². The summed E-state index contributed by atoms with van der Waals surface area (Å²) in [5, 5.41) is 0. The van der Waals surface area contributed by atoms with Crippen LogP contribution < -0.4 is 0 Å². The van der Waals surface area contributed by atoms with Crippen LogP contribution in [0.15, 0.2) is 60.7 Å². The van der Waals surface area contributed by atoms with Crippen LogP contribution in [0.3, 0.4) is 0 Å². The summed E-state index contributed by atoms with van der Waals surface area (Å²) in [4.78, 5) is 5.42. The molecule has 132 valence electrons. The van der Waals surface area contributed by atoms with Crippen LogP contribution in [-0.4, -0.2) is 41.5 Å². The van der Waals surface area contributed by atoms with Crippen LogP contribution in [0.1, 0.15) is 36.8 Å². The summed E-state index contributed by atoms with van der Waals surface area (Å²) in [6.07, 6.45) is 6.77. The molecule has 0 unspecified atom stereocenters. The summed E-state index contributed by atoms with van der Waals surface area (Å²) in [6.45, 7) is 6.04. The molecular weight excluding hydrogens is 304 g/mol. The second kappa shape index (κ2) is 7.72. The Morgan fingerprint density at radius 2 is 1.32 bits per heavy atom. The molecule has 0 bridgehead atoms. The summed E-state index contributed by atoms with van der Waals surface area (Å²) in [5.41, 5.74) is 3.49. The van der Waals surface area contributed by atoms with E-state index in [-0.39, 0.29) is 0 Å². The van der Waals surface area contributed by atoms with Gasteiger partial charge >= 0.3 is 0 Å². The van der Waals surface area contributed by atoms with E-state index < -0.39 is 0 Å². The first kappa shape index (κ1) is 16.8. The van der Waals surface area contributed by atoms with E-state index >= 15 is 0 Å². The molecule has 1 heterocycles. The first-order chi connectivity index (χ1) is 12.3. The van der Waals surface area contributed by atoms with E-state index in [9.17, 15) is 0 Å². The zero-order valence-electron chi connectivity index (χ0n) is 15.2. The van der Waals surface area contributed by atoms with Crippen LogP contribution in [-0.2, 0) is 13.0 Å². The quantitative estimate of drug-likeness (QED) is 0.742. The first-order valence-electron chi connectivity index (χ1n) is 9.89. The van der Waals surface area contributed by atoms with Crippen LogP contribution in [0.25, 0.3) is 0 Å². The molecule has 2 nitrogen and oxygen atoms in total. The van der Waals surface area contributed by atoms with Gasteiger partial charge in [0.25, 0.3) is 0 Å². The van der Waals surface area contributed by atoms with Gasteiger partial charge < -0.3 is 0 Å². The van der Waals surface area contributed by atoms with Gasteiger partial charge in [-0.15, -0.1) is 0 Å². The Kier molecular flexibility index (Phi) is 5.19. The van der Waals surface area contributed by atoms with Gasteiger partial charge in [0.2, 0.25) is 0 Å². The molecule has 1 aliphatic heterocycles. The van der Waals surface area contributed by atoms with Gasteiger partial charge in [-0.3, -0.25) is 9.80 Å². The van der Waals surface area contributed by atoms with E-state index in [1.54, 1.807) is 0 Å². The van der Waals surface area contributed by atoms with Crippen LogP contribution >= 0.6 is 0 Å².